The smallest absolute Gasteiger partial charge is 0.210 e. The van der Waals surface area contributed by atoms with Gasteiger partial charge in [0.1, 0.15) is 0 Å². The normalized spacial score (nSPS) is 13.6. The molecular weight excluding hydrogens is 448 g/mol. The first kappa shape index (κ1) is 29.1. The Labute approximate surface area is 227 Å². The van der Waals surface area contributed by atoms with Crippen molar-refractivity contribution in [2.45, 2.75) is 126 Å². The van der Waals surface area contributed by atoms with Crippen molar-refractivity contribution in [2.24, 2.45) is 0 Å². The standard InChI is InChI=1S/C35H50N2/c1-8-13-14-19-31-24-34(32-20-27(15-9-2)25(6)28(21-32)16-10-3)37(36)35(31)33-22-29(17-11-4)26(7)30(23-33)18-12-5/h20-24H,8-19H2,1-7H3. The lowest BCUT2D eigenvalue weighted by atomic mass is 9.91. The van der Waals surface area contributed by atoms with Gasteiger partial charge < -0.3 is 5.53 Å². The van der Waals surface area contributed by atoms with Crippen molar-refractivity contribution in [1.29, 1.82) is 0 Å². The van der Waals surface area contributed by atoms with Crippen LogP contribution in [0.15, 0.2) is 35.9 Å². The van der Waals surface area contributed by atoms with Crippen LogP contribution in [0, 0.1) is 13.8 Å². The zero-order chi connectivity index (χ0) is 26.9. The lowest BCUT2D eigenvalue weighted by Gasteiger charge is -2.17. The molecule has 2 heteroatoms. The second-order valence-electron chi connectivity index (χ2n) is 11.0. The Hall–Kier alpha value is -2.48. The van der Waals surface area contributed by atoms with Crippen LogP contribution in [-0.4, -0.2) is 4.70 Å². The van der Waals surface area contributed by atoms with Gasteiger partial charge >= 0.3 is 0 Å². The molecule has 0 aromatic heterocycles. The van der Waals surface area contributed by atoms with Crippen LogP contribution < -0.4 is 0 Å². The summed E-state index contributed by atoms with van der Waals surface area (Å²) in [6.07, 6.45) is 15.7. The molecule has 0 aliphatic carbocycles. The van der Waals surface area contributed by atoms with Crippen LogP contribution >= 0.6 is 0 Å². The number of aryl methyl sites for hydroxylation is 4. The van der Waals surface area contributed by atoms with E-state index in [4.69, 9.17) is 0 Å². The molecule has 2 aromatic rings. The molecule has 0 unspecified atom stereocenters. The van der Waals surface area contributed by atoms with E-state index in [1.165, 1.54) is 62.1 Å². The molecular formula is C35H50N2. The third-order valence-corrected chi connectivity index (χ3v) is 8.00. The summed E-state index contributed by atoms with van der Waals surface area (Å²) in [7, 11) is 0. The molecule has 1 aliphatic rings. The van der Waals surface area contributed by atoms with Gasteiger partial charge in [0.15, 0.2) is 0 Å². The van der Waals surface area contributed by atoms with Crippen LogP contribution in [0.2, 0.25) is 0 Å². The lowest BCUT2D eigenvalue weighted by molar-refractivity contribution is -0.344. The van der Waals surface area contributed by atoms with Crippen LogP contribution in [-0.2, 0) is 25.7 Å². The van der Waals surface area contributed by atoms with E-state index >= 15 is 0 Å². The summed E-state index contributed by atoms with van der Waals surface area (Å²) in [5.41, 5.74) is 25.9. The van der Waals surface area contributed by atoms with Crippen LogP contribution in [0.25, 0.3) is 16.9 Å². The van der Waals surface area contributed by atoms with E-state index in [2.05, 4.69) is 78.8 Å². The minimum absolute atomic E-state index is 0.936. The average Bonchev–Trinajstić information content (AvgIpc) is 3.20. The Morgan fingerprint density at radius 2 is 1.00 bits per heavy atom. The SMILES string of the molecule is CCCCCC1=C(c2cc(CCC)c(C)c(CCC)c2)[N+](=[N-])C(c2cc(CCC)c(C)c(CCC)c2)=C1. The summed E-state index contributed by atoms with van der Waals surface area (Å²) < 4.78 is 1.52. The van der Waals surface area contributed by atoms with Gasteiger partial charge in [0, 0.05) is 22.8 Å². The molecule has 200 valence electrons. The van der Waals surface area contributed by atoms with Gasteiger partial charge in [-0.3, -0.25) is 0 Å². The van der Waals surface area contributed by atoms with Gasteiger partial charge in [-0.1, -0.05) is 73.1 Å². The summed E-state index contributed by atoms with van der Waals surface area (Å²) in [5, 5.41) is 0. The van der Waals surface area contributed by atoms with Gasteiger partial charge in [0.05, 0.1) is 0 Å². The fraction of sp³-hybridized carbons (Fsp3) is 0.543. The van der Waals surface area contributed by atoms with Crippen LogP contribution in [0.1, 0.15) is 130 Å². The van der Waals surface area contributed by atoms with E-state index in [1.54, 1.807) is 0 Å². The number of rotatable bonds is 14. The monoisotopic (exact) mass is 498 g/mol. The van der Waals surface area contributed by atoms with E-state index in [0.717, 1.165) is 81.2 Å². The molecule has 0 saturated heterocycles. The second-order valence-corrected chi connectivity index (χ2v) is 11.0. The molecule has 0 amide bonds. The van der Waals surface area contributed by atoms with Gasteiger partial charge in [0.25, 0.3) is 0 Å². The molecule has 0 bridgehead atoms. The highest BCUT2D eigenvalue weighted by Crippen LogP contribution is 2.39. The first-order chi connectivity index (χ1) is 17.9. The predicted molar refractivity (Wildman–Crippen MR) is 161 cm³/mol. The van der Waals surface area contributed by atoms with Crippen molar-refractivity contribution in [1.82, 2.24) is 0 Å². The third-order valence-electron chi connectivity index (χ3n) is 8.00. The lowest BCUT2D eigenvalue weighted by Crippen LogP contribution is -2.07. The van der Waals surface area contributed by atoms with Crippen LogP contribution in [0.5, 0.6) is 0 Å². The fourth-order valence-corrected chi connectivity index (χ4v) is 5.90. The van der Waals surface area contributed by atoms with Crippen LogP contribution in [0.3, 0.4) is 0 Å². The maximum Gasteiger partial charge on any atom is 0.210 e. The first-order valence-corrected chi connectivity index (χ1v) is 15.1. The maximum atomic E-state index is 11.8. The molecule has 0 saturated carbocycles. The molecule has 0 N–H and O–H groups in total. The quantitative estimate of drug-likeness (QED) is 0.183. The molecule has 0 fully saturated rings. The Morgan fingerprint density at radius 1 is 0.568 bits per heavy atom. The van der Waals surface area contributed by atoms with Crippen molar-refractivity contribution < 1.29 is 4.70 Å². The van der Waals surface area contributed by atoms with Gasteiger partial charge in [-0.2, -0.15) is 0 Å². The highest BCUT2D eigenvalue weighted by molar-refractivity contribution is 5.79. The van der Waals surface area contributed by atoms with E-state index in [9.17, 15) is 5.53 Å². The van der Waals surface area contributed by atoms with Crippen molar-refractivity contribution in [3.05, 3.63) is 86.0 Å². The van der Waals surface area contributed by atoms with E-state index in [-0.39, 0.29) is 0 Å². The Balaban J connectivity index is 2.14. The molecule has 37 heavy (non-hydrogen) atoms. The predicted octanol–water partition coefficient (Wildman–Crippen LogP) is 10.5. The highest BCUT2D eigenvalue weighted by atomic mass is 15.2. The molecule has 1 heterocycles. The molecule has 2 aromatic carbocycles. The van der Waals surface area contributed by atoms with Gasteiger partial charge in [-0.25, -0.2) is 4.70 Å². The molecule has 0 radical (unpaired) electrons. The Morgan fingerprint density at radius 3 is 1.41 bits per heavy atom. The number of unbranched alkanes of at least 4 members (excludes halogenated alkanes) is 2. The van der Waals surface area contributed by atoms with E-state index in [0.29, 0.717) is 0 Å². The fourth-order valence-electron chi connectivity index (χ4n) is 5.90. The van der Waals surface area contributed by atoms with Gasteiger partial charge in [0.2, 0.25) is 11.4 Å². The molecule has 2 nitrogen and oxygen atoms in total. The highest BCUT2D eigenvalue weighted by Gasteiger charge is 2.30. The van der Waals surface area contributed by atoms with E-state index in [1.807, 2.05) is 0 Å². The summed E-state index contributed by atoms with van der Waals surface area (Å²) in [4.78, 5) is 0. The van der Waals surface area contributed by atoms with Crippen molar-refractivity contribution in [3.8, 4) is 0 Å². The number of allylic oxidation sites excluding steroid dienone is 2. The molecule has 0 spiro atoms. The van der Waals surface area contributed by atoms with Crippen LogP contribution in [0.4, 0.5) is 0 Å². The second kappa shape index (κ2) is 13.9. The third kappa shape index (κ3) is 6.70. The molecule has 3 rings (SSSR count). The summed E-state index contributed by atoms with van der Waals surface area (Å²) in [6, 6.07) is 9.38. The Bertz CT molecular complexity index is 1110. The van der Waals surface area contributed by atoms with Crippen molar-refractivity contribution >= 4 is 11.4 Å². The van der Waals surface area contributed by atoms with Crippen molar-refractivity contribution in [2.75, 3.05) is 0 Å². The topological polar surface area (TPSA) is 25.3 Å². The maximum absolute atomic E-state index is 11.8. The largest absolute Gasteiger partial charge is 0.493 e. The zero-order valence-electron chi connectivity index (χ0n) is 24.8. The van der Waals surface area contributed by atoms with Crippen molar-refractivity contribution in [3.63, 3.8) is 0 Å². The summed E-state index contributed by atoms with van der Waals surface area (Å²) in [5.74, 6) is 0. The summed E-state index contributed by atoms with van der Waals surface area (Å²) >= 11 is 0. The molecule has 1 aliphatic heterocycles. The number of hydrogen-bond donors (Lipinski definition) is 0. The average molecular weight is 499 g/mol. The molecule has 0 atom stereocenters. The van der Waals surface area contributed by atoms with E-state index < -0.39 is 0 Å². The van der Waals surface area contributed by atoms with Gasteiger partial charge in [-0.15, -0.1) is 0 Å². The first-order valence-electron chi connectivity index (χ1n) is 15.1. The minimum Gasteiger partial charge on any atom is -0.493 e. The zero-order valence-corrected chi connectivity index (χ0v) is 24.8. The minimum atomic E-state index is 0.936. The Kier molecular flexibility index (Phi) is 10.9. The number of benzene rings is 2. The number of hydrogen-bond acceptors (Lipinski definition) is 0. The summed E-state index contributed by atoms with van der Waals surface area (Å²) in [6.45, 7) is 15.8. The number of nitrogens with zero attached hydrogens (tertiary/aromatic N) is 2. The van der Waals surface area contributed by atoms with Gasteiger partial charge in [-0.05, 0) is 110 Å².